The normalized spacial score (nSPS) is 17.7. The fraction of sp³-hybridized carbons (Fsp3) is 0.259. The van der Waals surface area contributed by atoms with Gasteiger partial charge < -0.3 is 14.4 Å². The van der Waals surface area contributed by atoms with E-state index in [1.54, 1.807) is 37.3 Å². The lowest BCUT2D eigenvalue weighted by Gasteiger charge is -2.40. The molecule has 1 saturated heterocycles. The van der Waals surface area contributed by atoms with Gasteiger partial charge in [-0.3, -0.25) is 0 Å². The van der Waals surface area contributed by atoms with Gasteiger partial charge in [-0.05, 0) is 55.5 Å². The summed E-state index contributed by atoms with van der Waals surface area (Å²) in [6.07, 6.45) is -4.57. The maximum atomic E-state index is 13.5. The van der Waals surface area contributed by atoms with Gasteiger partial charge in [-0.25, -0.2) is 13.4 Å². The SMILES string of the molecule is COc1ccc2c(c1)C(N1CCN(S(=O)(=O)c3ccccc3C#N)C(C)C1)=Nc1cc(C(F)(F)F)ccc1O2. The van der Waals surface area contributed by atoms with Crippen LogP contribution in [0.4, 0.5) is 18.9 Å². The van der Waals surface area contributed by atoms with Gasteiger partial charge in [-0.2, -0.15) is 22.7 Å². The number of rotatable bonds is 3. The van der Waals surface area contributed by atoms with E-state index in [1.165, 1.54) is 29.6 Å². The maximum absolute atomic E-state index is 13.5. The minimum atomic E-state index is -4.57. The lowest BCUT2D eigenvalue weighted by Crippen LogP contribution is -2.55. The number of hydrogen-bond donors (Lipinski definition) is 0. The summed E-state index contributed by atoms with van der Waals surface area (Å²) in [6.45, 7) is 2.19. The van der Waals surface area contributed by atoms with Crippen molar-refractivity contribution in [2.75, 3.05) is 26.7 Å². The van der Waals surface area contributed by atoms with Gasteiger partial charge in [0.25, 0.3) is 0 Å². The van der Waals surface area contributed by atoms with Crippen LogP contribution in [0.1, 0.15) is 23.6 Å². The lowest BCUT2D eigenvalue weighted by molar-refractivity contribution is -0.137. The predicted molar refractivity (Wildman–Crippen MR) is 137 cm³/mol. The Bertz CT molecular complexity index is 1620. The second-order valence-electron chi connectivity index (χ2n) is 9.10. The molecule has 12 heteroatoms. The van der Waals surface area contributed by atoms with Crippen molar-refractivity contribution < 1.29 is 31.1 Å². The zero-order chi connectivity index (χ0) is 27.9. The van der Waals surface area contributed by atoms with E-state index in [2.05, 4.69) is 4.99 Å². The number of amidine groups is 1. The lowest BCUT2D eigenvalue weighted by atomic mass is 10.1. The summed E-state index contributed by atoms with van der Waals surface area (Å²) in [5, 5.41) is 9.42. The topological polar surface area (TPSA) is 95.2 Å². The second-order valence-corrected chi connectivity index (χ2v) is 11.0. The minimum Gasteiger partial charge on any atom is -0.497 e. The van der Waals surface area contributed by atoms with Crippen molar-refractivity contribution in [1.82, 2.24) is 9.21 Å². The summed E-state index contributed by atoms with van der Waals surface area (Å²) >= 11 is 0. The largest absolute Gasteiger partial charge is 0.497 e. The molecule has 0 radical (unpaired) electrons. The molecule has 0 aliphatic carbocycles. The Balaban J connectivity index is 1.54. The summed E-state index contributed by atoms with van der Waals surface area (Å²) in [5.41, 5.74) is -0.314. The summed E-state index contributed by atoms with van der Waals surface area (Å²) in [4.78, 5) is 6.36. The molecule has 1 atom stereocenters. The van der Waals surface area contributed by atoms with Gasteiger partial charge in [0.1, 0.15) is 29.1 Å². The number of hydrogen-bond acceptors (Lipinski definition) is 7. The number of sulfonamides is 1. The monoisotopic (exact) mass is 556 g/mol. The summed E-state index contributed by atoms with van der Waals surface area (Å²) in [6, 6.07) is 15.5. The molecule has 202 valence electrons. The molecule has 0 saturated carbocycles. The molecule has 2 aliphatic heterocycles. The molecular formula is C27H23F3N4O4S. The molecule has 3 aromatic rings. The van der Waals surface area contributed by atoms with Crippen molar-refractivity contribution in [3.63, 3.8) is 0 Å². The van der Waals surface area contributed by atoms with Crippen LogP contribution in [-0.2, 0) is 16.2 Å². The number of nitrogens with zero attached hydrogens (tertiary/aromatic N) is 4. The number of ether oxygens (including phenoxy) is 2. The van der Waals surface area contributed by atoms with E-state index in [0.29, 0.717) is 22.9 Å². The molecule has 8 nitrogen and oxygen atoms in total. The number of nitriles is 1. The van der Waals surface area contributed by atoms with Crippen molar-refractivity contribution in [3.05, 3.63) is 77.4 Å². The van der Waals surface area contributed by atoms with Crippen LogP contribution in [0.5, 0.6) is 17.2 Å². The highest BCUT2D eigenvalue weighted by molar-refractivity contribution is 7.89. The standard InChI is InChI=1S/C27H23F3N4O4S/c1-17-16-33(11-12-34(17)39(35,36)25-6-4-3-5-18(25)15-31)26-21-14-20(37-2)8-10-23(21)38-24-9-7-19(27(28,29)30)13-22(24)32-26/h3-10,13-14,17H,11-12,16H2,1-2H3. The van der Waals surface area contributed by atoms with Crippen LogP contribution in [0.15, 0.2) is 70.6 Å². The molecule has 5 rings (SSSR count). The molecular weight excluding hydrogens is 533 g/mol. The van der Waals surface area contributed by atoms with E-state index >= 15 is 0 Å². The molecule has 1 fully saturated rings. The Morgan fingerprint density at radius 2 is 1.82 bits per heavy atom. The average molecular weight is 557 g/mol. The van der Waals surface area contributed by atoms with Crippen molar-refractivity contribution >= 4 is 21.5 Å². The molecule has 2 aliphatic rings. The van der Waals surface area contributed by atoms with Crippen LogP contribution in [0.3, 0.4) is 0 Å². The van der Waals surface area contributed by atoms with E-state index in [0.717, 1.165) is 12.1 Å². The smallest absolute Gasteiger partial charge is 0.416 e. The van der Waals surface area contributed by atoms with Crippen molar-refractivity contribution in [1.29, 1.82) is 5.26 Å². The number of halogens is 3. The van der Waals surface area contributed by atoms with Gasteiger partial charge in [-0.15, -0.1) is 0 Å². The summed E-state index contributed by atoms with van der Waals surface area (Å²) in [7, 11) is -2.49. The first-order chi connectivity index (χ1) is 18.5. The van der Waals surface area contributed by atoms with E-state index in [1.807, 2.05) is 11.0 Å². The molecule has 0 N–H and O–H groups in total. The third kappa shape index (κ3) is 4.91. The molecule has 3 aromatic carbocycles. The van der Waals surface area contributed by atoms with Gasteiger partial charge in [0.2, 0.25) is 10.0 Å². The van der Waals surface area contributed by atoms with Gasteiger partial charge in [0.05, 0.1) is 28.7 Å². The van der Waals surface area contributed by atoms with Crippen LogP contribution in [0.25, 0.3) is 0 Å². The first kappa shape index (κ1) is 26.5. The fourth-order valence-corrected chi connectivity index (χ4v) is 6.46. The van der Waals surface area contributed by atoms with Crippen LogP contribution in [0, 0.1) is 11.3 Å². The second kappa shape index (κ2) is 9.91. The van der Waals surface area contributed by atoms with Crippen LogP contribution in [0.2, 0.25) is 0 Å². The highest BCUT2D eigenvalue weighted by Gasteiger charge is 2.37. The number of fused-ring (bicyclic) bond motifs is 2. The minimum absolute atomic E-state index is 0.000596. The number of benzene rings is 3. The Morgan fingerprint density at radius 3 is 2.51 bits per heavy atom. The highest BCUT2D eigenvalue weighted by atomic mass is 32.2. The van der Waals surface area contributed by atoms with Gasteiger partial charge in [-0.1, -0.05) is 12.1 Å². The fourth-order valence-electron chi connectivity index (χ4n) is 4.70. The van der Waals surface area contributed by atoms with Crippen molar-refractivity contribution in [2.24, 2.45) is 4.99 Å². The first-order valence-electron chi connectivity index (χ1n) is 11.9. The third-order valence-electron chi connectivity index (χ3n) is 6.62. The Kier molecular flexibility index (Phi) is 6.74. The Hall–Kier alpha value is -4.08. The average Bonchev–Trinajstić information content (AvgIpc) is 3.08. The summed E-state index contributed by atoms with van der Waals surface area (Å²) in [5.74, 6) is 1.36. The number of aliphatic imine (C=N–C) groups is 1. The van der Waals surface area contributed by atoms with E-state index in [4.69, 9.17) is 9.47 Å². The van der Waals surface area contributed by atoms with Gasteiger partial charge in [0, 0.05) is 25.7 Å². The first-order valence-corrected chi connectivity index (χ1v) is 13.4. The van der Waals surface area contributed by atoms with Crippen LogP contribution in [-0.4, -0.2) is 56.2 Å². The van der Waals surface area contributed by atoms with Crippen LogP contribution >= 0.6 is 0 Å². The molecule has 0 aromatic heterocycles. The van der Waals surface area contributed by atoms with Gasteiger partial charge in [0.15, 0.2) is 5.75 Å². The number of piperazine rings is 1. The Morgan fingerprint density at radius 1 is 1.08 bits per heavy atom. The zero-order valence-electron chi connectivity index (χ0n) is 20.9. The van der Waals surface area contributed by atoms with Crippen molar-refractivity contribution in [2.45, 2.75) is 24.0 Å². The number of alkyl halides is 3. The highest BCUT2D eigenvalue weighted by Crippen LogP contribution is 2.42. The molecule has 0 amide bonds. The third-order valence-corrected chi connectivity index (χ3v) is 8.69. The molecule has 0 bridgehead atoms. The zero-order valence-corrected chi connectivity index (χ0v) is 21.8. The van der Waals surface area contributed by atoms with E-state index in [-0.39, 0.29) is 41.5 Å². The maximum Gasteiger partial charge on any atom is 0.416 e. The summed E-state index contributed by atoms with van der Waals surface area (Å²) < 4.78 is 80.0. The Labute approximate surface area is 223 Å². The molecule has 1 unspecified atom stereocenters. The van der Waals surface area contributed by atoms with Gasteiger partial charge >= 0.3 is 6.18 Å². The van der Waals surface area contributed by atoms with Crippen LogP contribution < -0.4 is 9.47 Å². The molecule has 0 spiro atoms. The molecule has 39 heavy (non-hydrogen) atoms. The van der Waals surface area contributed by atoms with E-state index in [9.17, 15) is 26.9 Å². The number of methoxy groups -OCH3 is 1. The predicted octanol–water partition coefficient (Wildman–Crippen LogP) is 5.16. The quantitative estimate of drug-likeness (QED) is 0.442. The van der Waals surface area contributed by atoms with Crippen molar-refractivity contribution in [3.8, 4) is 23.3 Å². The van der Waals surface area contributed by atoms with E-state index < -0.39 is 27.8 Å². The molecule has 2 heterocycles.